The fourth-order valence-corrected chi connectivity index (χ4v) is 7.54. The van der Waals surface area contributed by atoms with Crippen molar-refractivity contribution in [1.29, 1.82) is 0 Å². The highest BCUT2D eigenvalue weighted by atomic mass is 35.7. The van der Waals surface area contributed by atoms with Gasteiger partial charge in [-0.25, -0.2) is 8.42 Å². The van der Waals surface area contributed by atoms with Gasteiger partial charge in [0.15, 0.2) is 11.6 Å². The normalized spacial score (nSPS) is 12.7. The maximum absolute atomic E-state index is 14.0. The van der Waals surface area contributed by atoms with E-state index in [-0.39, 0.29) is 27.6 Å². The standard InChI is InChI=1S/C33H31ClN2O4S/c1-16-14-17(2)29(21(6)20(16)5)35-25-12-13-26(28-27(25)31(37)23-10-8-9-11-24(23)32(28)38)36-30-18(3)15-19(4)33(22(30)7)41(34,39)40/h8-15,35-36H,1-7H3. The second-order valence-electron chi connectivity index (χ2n) is 10.8. The minimum Gasteiger partial charge on any atom is -0.354 e. The van der Waals surface area contributed by atoms with Crippen molar-refractivity contribution in [3.63, 3.8) is 0 Å². The molecule has 0 amide bonds. The van der Waals surface area contributed by atoms with Crippen LogP contribution in [0.25, 0.3) is 0 Å². The Labute approximate surface area is 245 Å². The number of halogens is 1. The molecule has 4 aromatic carbocycles. The van der Waals surface area contributed by atoms with E-state index in [0.717, 1.165) is 27.9 Å². The second-order valence-corrected chi connectivity index (χ2v) is 13.3. The molecule has 1 aliphatic rings. The molecule has 0 saturated heterocycles. The Balaban J connectivity index is 1.74. The van der Waals surface area contributed by atoms with E-state index in [0.29, 0.717) is 39.3 Å². The number of benzene rings is 4. The van der Waals surface area contributed by atoms with E-state index >= 15 is 0 Å². The molecular formula is C33H31ClN2O4S. The van der Waals surface area contributed by atoms with E-state index in [9.17, 15) is 18.0 Å². The van der Waals surface area contributed by atoms with Crippen LogP contribution in [0.1, 0.15) is 70.8 Å². The first-order valence-electron chi connectivity index (χ1n) is 13.2. The molecule has 5 rings (SSSR count). The lowest BCUT2D eigenvalue weighted by Gasteiger charge is -2.26. The third kappa shape index (κ3) is 4.73. The average Bonchev–Trinajstić information content (AvgIpc) is 2.90. The molecule has 4 aromatic rings. The number of carbonyl (C=O) groups is 2. The van der Waals surface area contributed by atoms with Gasteiger partial charge in [0.25, 0.3) is 9.05 Å². The summed E-state index contributed by atoms with van der Waals surface area (Å²) < 4.78 is 24.8. The summed E-state index contributed by atoms with van der Waals surface area (Å²) in [4.78, 5) is 28.0. The van der Waals surface area contributed by atoms with Gasteiger partial charge in [0.1, 0.15) is 0 Å². The van der Waals surface area contributed by atoms with Crippen LogP contribution in [-0.2, 0) is 9.05 Å². The summed E-state index contributed by atoms with van der Waals surface area (Å²) >= 11 is 0. The Morgan fingerprint density at radius 3 is 1.49 bits per heavy atom. The van der Waals surface area contributed by atoms with E-state index in [1.165, 1.54) is 5.56 Å². The predicted octanol–water partition coefficient (Wildman–Crippen LogP) is 8.04. The molecule has 6 nitrogen and oxygen atoms in total. The largest absolute Gasteiger partial charge is 0.354 e. The average molecular weight is 587 g/mol. The molecule has 0 aromatic heterocycles. The monoisotopic (exact) mass is 586 g/mol. The molecule has 0 bridgehead atoms. The molecule has 0 heterocycles. The van der Waals surface area contributed by atoms with Gasteiger partial charge in [0.05, 0.1) is 27.4 Å². The van der Waals surface area contributed by atoms with Crippen molar-refractivity contribution in [2.45, 2.75) is 53.4 Å². The lowest BCUT2D eigenvalue weighted by molar-refractivity contribution is 0.0980. The first kappa shape index (κ1) is 28.6. The molecule has 8 heteroatoms. The molecule has 0 atom stereocenters. The number of hydrogen-bond acceptors (Lipinski definition) is 6. The lowest BCUT2D eigenvalue weighted by Crippen LogP contribution is -2.23. The molecule has 0 saturated carbocycles. The van der Waals surface area contributed by atoms with Gasteiger partial charge < -0.3 is 10.6 Å². The minimum atomic E-state index is -4.03. The van der Waals surface area contributed by atoms with Crippen LogP contribution in [0.3, 0.4) is 0 Å². The van der Waals surface area contributed by atoms with E-state index in [1.54, 1.807) is 56.3 Å². The third-order valence-electron chi connectivity index (χ3n) is 8.10. The fourth-order valence-electron chi connectivity index (χ4n) is 5.91. The number of aryl methyl sites for hydroxylation is 4. The number of ketones is 2. The molecule has 0 unspecified atom stereocenters. The summed E-state index contributed by atoms with van der Waals surface area (Å²) in [6.07, 6.45) is 0. The Morgan fingerprint density at radius 1 is 0.585 bits per heavy atom. The summed E-state index contributed by atoms with van der Waals surface area (Å²) in [6.45, 7) is 13.4. The molecule has 0 radical (unpaired) electrons. The first-order chi connectivity index (χ1) is 19.2. The van der Waals surface area contributed by atoms with Crippen LogP contribution in [0.5, 0.6) is 0 Å². The Hall–Kier alpha value is -3.94. The van der Waals surface area contributed by atoms with E-state index in [4.69, 9.17) is 10.7 Å². The summed E-state index contributed by atoms with van der Waals surface area (Å²) in [5.41, 5.74) is 9.64. The fraction of sp³-hybridized carbons (Fsp3) is 0.212. The Bertz CT molecular complexity index is 1930. The topological polar surface area (TPSA) is 92.3 Å². The van der Waals surface area contributed by atoms with E-state index < -0.39 is 9.05 Å². The van der Waals surface area contributed by atoms with Crippen molar-refractivity contribution < 1.29 is 18.0 Å². The Kier molecular flexibility index (Phi) is 7.08. The quantitative estimate of drug-likeness (QED) is 0.202. The van der Waals surface area contributed by atoms with Gasteiger partial charge in [0.2, 0.25) is 0 Å². The van der Waals surface area contributed by atoms with E-state index in [2.05, 4.69) is 30.5 Å². The molecule has 2 N–H and O–H groups in total. The molecule has 41 heavy (non-hydrogen) atoms. The zero-order valence-corrected chi connectivity index (χ0v) is 25.6. The van der Waals surface area contributed by atoms with Gasteiger partial charge in [-0.1, -0.05) is 36.4 Å². The first-order valence-corrected chi connectivity index (χ1v) is 15.6. The number of hydrogen-bond donors (Lipinski definition) is 2. The maximum atomic E-state index is 14.0. The van der Waals surface area contributed by atoms with Gasteiger partial charge >= 0.3 is 0 Å². The summed E-state index contributed by atoms with van der Waals surface area (Å²) in [7, 11) is 1.76. The lowest BCUT2D eigenvalue weighted by atomic mass is 9.82. The summed E-state index contributed by atoms with van der Waals surface area (Å²) in [6, 6.07) is 14.2. The SMILES string of the molecule is Cc1cc(C)c(Nc2ccc(Nc3c(C)cc(C)c(S(=O)(=O)Cl)c3C)c3c2C(=O)c2ccccc2C3=O)c(C)c1C. The van der Waals surface area contributed by atoms with Gasteiger partial charge in [0, 0.05) is 33.2 Å². The minimum absolute atomic E-state index is 0.0212. The van der Waals surface area contributed by atoms with Crippen LogP contribution in [0.15, 0.2) is 53.4 Å². The maximum Gasteiger partial charge on any atom is 0.261 e. The van der Waals surface area contributed by atoms with Crippen molar-refractivity contribution in [2.24, 2.45) is 0 Å². The van der Waals surface area contributed by atoms with Crippen molar-refractivity contribution in [2.75, 3.05) is 10.6 Å². The van der Waals surface area contributed by atoms with Crippen molar-refractivity contribution >= 4 is 54.0 Å². The molecule has 0 fully saturated rings. The van der Waals surface area contributed by atoms with Crippen molar-refractivity contribution in [1.82, 2.24) is 0 Å². The van der Waals surface area contributed by atoms with Crippen LogP contribution in [-0.4, -0.2) is 20.0 Å². The molecule has 0 aliphatic heterocycles. The number of rotatable bonds is 5. The second kappa shape index (κ2) is 10.2. The number of carbonyl (C=O) groups excluding carboxylic acids is 2. The van der Waals surface area contributed by atoms with Crippen LogP contribution < -0.4 is 10.6 Å². The third-order valence-corrected chi connectivity index (χ3v) is 9.68. The molecule has 0 spiro atoms. The van der Waals surface area contributed by atoms with Gasteiger partial charge in [-0.05, 0) is 99.5 Å². The highest BCUT2D eigenvalue weighted by Crippen LogP contribution is 2.41. The highest BCUT2D eigenvalue weighted by molar-refractivity contribution is 8.13. The molecule has 1 aliphatic carbocycles. The highest BCUT2D eigenvalue weighted by Gasteiger charge is 2.34. The molecule has 210 valence electrons. The number of nitrogens with one attached hydrogen (secondary N) is 2. The summed E-state index contributed by atoms with van der Waals surface area (Å²) in [5, 5.41) is 6.77. The van der Waals surface area contributed by atoms with Gasteiger partial charge in [-0.3, -0.25) is 9.59 Å². The van der Waals surface area contributed by atoms with E-state index in [1.807, 2.05) is 20.8 Å². The van der Waals surface area contributed by atoms with Crippen LogP contribution in [0, 0.1) is 48.5 Å². The van der Waals surface area contributed by atoms with Gasteiger partial charge in [-0.2, -0.15) is 0 Å². The smallest absolute Gasteiger partial charge is 0.261 e. The zero-order chi connectivity index (χ0) is 30.0. The predicted molar refractivity (Wildman–Crippen MR) is 165 cm³/mol. The van der Waals surface area contributed by atoms with Crippen LogP contribution >= 0.6 is 10.7 Å². The number of anilines is 4. The van der Waals surface area contributed by atoms with Crippen LogP contribution in [0.2, 0.25) is 0 Å². The Morgan fingerprint density at radius 2 is 1.02 bits per heavy atom. The summed E-state index contributed by atoms with van der Waals surface area (Å²) in [5.74, 6) is -0.552. The van der Waals surface area contributed by atoms with Crippen LogP contribution in [0.4, 0.5) is 22.7 Å². The molecular weight excluding hydrogens is 556 g/mol. The number of fused-ring (bicyclic) bond motifs is 2. The van der Waals surface area contributed by atoms with Crippen molar-refractivity contribution in [3.05, 3.63) is 110 Å². The zero-order valence-electron chi connectivity index (χ0n) is 24.0. The van der Waals surface area contributed by atoms with Crippen molar-refractivity contribution in [3.8, 4) is 0 Å². The van der Waals surface area contributed by atoms with Gasteiger partial charge in [-0.15, -0.1) is 0 Å².